The molecule has 24 heavy (non-hydrogen) atoms. The molecule has 0 unspecified atom stereocenters. The van der Waals surface area contributed by atoms with Crippen LogP contribution in [0.2, 0.25) is 0 Å². The highest BCUT2D eigenvalue weighted by molar-refractivity contribution is 6.45. The van der Waals surface area contributed by atoms with E-state index in [1.807, 2.05) is 6.07 Å². The second kappa shape index (κ2) is 6.21. The number of ketones is 1. The van der Waals surface area contributed by atoms with Gasteiger partial charge in [0.1, 0.15) is 0 Å². The number of H-pyrrole nitrogens is 1. The highest BCUT2D eigenvalue weighted by Gasteiger charge is 2.19. The summed E-state index contributed by atoms with van der Waals surface area (Å²) in [7, 11) is 0. The third kappa shape index (κ3) is 2.93. The SMILES string of the molecule is O=C(NNc1ccc([N+](=O)[O-])cc1)C(=O)c1c[nH]c2ccccc12. The molecular weight excluding hydrogens is 312 g/mol. The summed E-state index contributed by atoms with van der Waals surface area (Å²) in [5, 5.41) is 11.2. The first kappa shape index (κ1) is 15.2. The van der Waals surface area contributed by atoms with Gasteiger partial charge in [0, 0.05) is 29.2 Å². The Morgan fingerprint density at radius 2 is 1.75 bits per heavy atom. The minimum absolute atomic E-state index is 0.0678. The van der Waals surface area contributed by atoms with E-state index in [0.29, 0.717) is 11.1 Å². The van der Waals surface area contributed by atoms with E-state index in [1.54, 1.807) is 18.2 Å². The number of anilines is 1. The summed E-state index contributed by atoms with van der Waals surface area (Å²) >= 11 is 0. The molecule has 0 bridgehead atoms. The summed E-state index contributed by atoms with van der Waals surface area (Å²) in [6, 6.07) is 12.6. The molecule has 8 nitrogen and oxygen atoms in total. The average Bonchev–Trinajstić information content (AvgIpc) is 3.03. The number of para-hydroxylation sites is 1. The van der Waals surface area contributed by atoms with Crippen LogP contribution in [0, 0.1) is 10.1 Å². The van der Waals surface area contributed by atoms with Crippen molar-refractivity contribution in [3.63, 3.8) is 0 Å². The number of rotatable bonds is 5. The standard InChI is InChI=1S/C16H12N4O4/c21-15(13-9-17-14-4-2-1-3-12(13)14)16(22)19-18-10-5-7-11(8-6-10)20(23)24/h1-9,17-18H,(H,19,22). The number of hydrazine groups is 1. The molecular formula is C16H12N4O4. The molecule has 0 fully saturated rings. The molecule has 120 valence electrons. The summed E-state index contributed by atoms with van der Waals surface area (Å²) in [4.78, 5) is 37.2. The number of fused-ring (bicyclic) bond motifs is 1. The fourth-order valence-electron chi connectivity index (χ4n) is 2.23. The number of nitro groups is 1. The molecule has 2 aromatic carbocycles. The summed E-state index contributed by atoms with van der Waals surface area (Å²) in [6.07, 6.45) is 1.48. The lowest BCUT2D eigenvalue weighted by Crippen LogP contribution is -2.35. The predicted octanol–water partition coefficient (Wildman–Crippen LogP) is 2.40. The molecule has 0 aliphatic carbocycles. The third-order valence-corrected chi connectivity index (χ3v) is 3.44. The van der Waals surface area contributed by atoms with Gasteiger partial charge in [0.05, 0.1) is 16.2 Å². The number of benzene rings is 2. The maximum absolute atomic E-state index is 12.2. The molecule has 0 spiro atoms. The molecule has 0 aliphatic heterocycles. The summed E-state index contributed by atoms with van der Waals surface area (Å²) < 4.78 is 0. The number of aromatic amines is 1. The van der Waals surface area contributed by atoms with E-state index in [4.69, 9.17) is 0 Å². The van der Waals surface area contributed by atoms with Crippen LogP contribution in [0.25, 0.3) is 10.9 Å². The Morgan fingerprint density at radius 1 is 1.04 bits per heavy atom. The van der Waals surface area contributed by atoms with Gasteiger partial charge in [-0.15, -0.1) is 0 Å². The zero-order valence-corrected chi connectivity index (χ0v) is 12.3. The van der Waals surface area contributed by atoms with Crippen LogP contribution in [0.15, 0.2) is 54.7 Å². The maximum Gasteiger partial charge on any atom is 0.310 e. The number of aromatic nitrogens is 1. The molecule has 0 saturated heterocycles. The van der Waals surface area contributed by atoms with Crippen molar-refractivity contribution in [2.45, 2.75) is 0 Å². The minimum Gasteiger partial charge on any atom is -0.360 e. The molecule has 3 aromatic rings. The highest BCUT2D eigenvalue weighted by Crippen LogP contribution is 2.18. The number of amides is 1. The molecule has 8 heteroatoms. The number of nitro benzene ring substituents is 1. The van der Waals surface area contributed by atoms with Gasteiger partial charge in [-0.3, -0.25) is 30.6 Å². The molecule has 3 rings (SSSR count). The number of hydrogen-bond donors (Lipinski definition) is 3. The number of nitrogens with one attached hydrogen (secondary N) is 3. The number of nitrogens with zero attached hydrogens (tertiary/aromatic N) is 1. The van der Waals surface area contributed by atoms with Crippen molar-refractivity contribution in [1.82, 2.24) is 10.4 Å². The van der Waals surface area contributed by atoms with Gasteiger partial charge >= 0.3 is 5.91 Å². The second-order valence-electron chi connectivity index (χ2n) is 4.96. The van der Waals surface area contributed by atoms with Crippen LogP contribution in [0.3, 0.4) is 0 Å². The van der Waals surface area contributed by atoms with Gasteiger partial charge in [-0.1, -0.05) is 18.2 Å². The van der Waals surface area contributed by atoms with Crippen molar-refractivity contribution in [2.24, 2.45) is 0 Å². The molecule has 0 radical (unpaired) electrons. The lowest BCUT2D eigenvalue weighted by atomic mass is 10.1. The van der Waals surface area contributed by atoms with Crippen LogP contribution in [0.5, 0.6) is 0 Å². The molecule has 0 saturated carbocycles. The average molecular weight is 324 g/mol. The van der Waals surface area contributed by atoms with E-state index in [-0.39, 0.29) is 11.3 Å². The van der Waals surface area contributed by atoms with Gasteiger partial charge in [-0.2, -0.15) is 0 Å². The zero-order valence-electron chi connectivity index (χ0n) is 12.3. The number of carbonyl (C=O) groups excluding carboxylic acids is 2. The normalized spacial score (nSPS) is 10.3. The Hall–Kier alpha value is -3.68. The fourth-order valence-corrected chi connectivity index (χ4v) is 2.23. The smallest absolute Gasteiger partial charge is 0.310 e. The fraction of sp³-hybridized carbons (Fsp3) is 0. The summed E-state index contributed by atoms with van der Waals surface area (Å²) in [5.74, 6) is -1.53. The summed E-state index contributed by atoms with van der Waals surface area (Å²) in [5.41, 5.74) is 6.21. The Balaban J connectivity index is 1.68. The minimum atomic E-state index is -0.835. The lowest BCUT2D eigenvalue weighted by molar-refractivity contribution is -0.384. The topological polar surface area (TPSA) is 117 Å². The monoisotopic (exact) mass is 324 g/mol. The first-order valence-corrected chi connectivity index (χ1v) is 6.97. The van der Waals surface area contributed by atoms with E-state index in [0.717, 1.165) is 5.52 Å². The lowest BCUT2D eigenvalue weighted by Gasteiger charge is -2.07. The van der Waals surface area contributed by atoms with Gasteiger partial charge in [0.25, 0.3) is 11.5 Å². The Kier molecular flexibility index (Phi) is 3.94. The molecule has 1 amide bonds. The number of non-ortho nitro benzene ring substituents is 1. The van der Waals surface area contributed by atoms with E-state index >= 15 is 0 Å². The van der Waals surface area contributed by atoms with Crippen molar-refractivity contribution in [2.75, 3.05) is 5.43 Å². The van der Waals surface area contributed by atoms with Gasteiger partial charge in [-0.25, -0.2) is 0 Å². The van der Waals surface area contributed by atoms with E-state index in [9.17, 15) is 19.7 Å². The van der Waals surface area contributed by atoms with Gasteiger partial charge in [0.2, 0.25) is 0 Å². The van der Waals surface area contributed by atoms with Gasteiger partial charge in [-0.05, 0) is 18.2 Å². The maximum atomic E-state index is 12.2. The largest absolute Gasteiger partial charge is 0.360 e. The van der Waals surface area contributed by atoms with E-state index < -0.39 is 16.6 Å². The molecule has 1 heterocycles. The van der Waals surface area contributed by atoms with E-state index in [2.05, 4.69) is 15.8 Å². The van der Waals surface area contributed by atoms with Crippen LogP contribution in [-0.2, 0) is 4.79 Å². The van der Waals surface area contributed by atoms with Crippen LogP contribution >= 0.6 is 0 Å². The number of carbonyl (C=O) groups is 2. The number of Topliss-reactive ketones (excluding diaryl/α,β-unsaturated/α-hetero) is 1. The summed E-state index contributed by atoms with van der Waals surface area (Å²) in [6.45, 7) is 0. The predicted molar refractivity (Wildman–Crippen MR) is 87.5 cm³/mol. The van der Waals surface area contributed by atoms with Crippen molar-refractivity contribution >= 4 is 34.0 Å². The first-order chi connectivity index (χ1) is 11.6. The van der Waals surface area contributed by atoms with Gasteiger partial charge < -0.3 is 4.98 Å². The van der Waals surface area contributed by atoms with Crippen LogP contribution in [0.1, 0.15) is 10.4 Å². The van der Waals surface area contributed by atoms with Crippen LogP contribution < -0.4 is 10.9 Å². The van der Waals surface area contributed by atoms with Gasteiger partial charge in [0.15, 0.2) is 0 Å². The Morgan fingerprint density at radius 3 is 2.46 bits per heavy atom. The Bertz CT molecular complexity index is 931. The van der Waals surface area contributed by atoms with Crippen LogP contribution in [0.4, 0.5) is 11.4 Å². The molecule has 0 atom stereocenters. The first-order valence-electron chi connectivity index (χ1n) is 6.97. The zero-order chi connectivity index (χ0) is 17.1. The third-order valence-electron chi connectivity index (χ3n) is 3.44. The van der Waals surface area contributed by atoms with Crippen molar-refractivity contribution in [3.05, 3.63) is 70.4 Å². The van der Waals surface area contributed by atoms with Crippen LogP contribution in [-0.4, -0.2) is 21.6 Å². The molecule has 0 aliphatic rings. The molecule has 1 aromatic heterocycles. The second-order valence-corrected chi connectivity index (χ2v) is 4.96. The quantitative estimate of drug-likeness (QED) is 0.288. The van der Waals surface area contributed by atoms with Crippen molar-refractivity contribution in [3.8, 4) is 0 Å². The Labute approximate surface area is 135 Å². The van der Waals surface area contributed by atoms with E-state index in [1.165, 1.54) is 30.5 Å². The molecule has 3 N–H and O–H groups in total. The number of hydrogen-bond acceptors (Lipinski definition) is 5. The highest BCUT2D eigenvalue weighted by atomic mass is 16.6. The van der Waals surface area contributed by atoms with Crippen molar-refractivity contribution in [1.29, 1.82) is 0 Å². The van der Waals surface area contributed by atoms with Crippen molar-refractivity contribution < 1.29 is 14.5 Å².